The lowest BCUT2D eigenvalue weighted by Crippen LogP contribution is -2.52. The summed E-state index contributed by atoms with van der Waals surface area (Å²) in [5.74, 6) is -0.576. The molecule has 174 valence electrons. The van der Waals surface area contributed by atoms with E-state index in [1.54, 1.807) is 4.90 Å². The van der Waals surface area contributed by atoms with E-state index in [1.807, 2.05) is 0 Å². The van der Waals surface area contributed by atoms with Gasteiger partial charge < -0.3 is 29.0 Å². The Balaban J connectivity index is 2.06. The number of hydrogen-bond acceptors (Lipinski definition) is 7. The van der Waals surface area contributed by atoms with Gasteiger partial charge in [0.1, 0.15) is 6.61 Å². The molecule has 10 nitrogen and oxygen atoms in total. The number of carboxylic acid groups (broad SMARTS) is 1. The van der Waals surface area contributed by atoms with Crippen molar-refractivity contribution in [3.05, 3.63) is 30.4 Å². The van der Waals surface area contributed by atoms with Gasteiger partial charge in [-0.3, -0.25) is 9.59 Å². The average molecular weight is 448 g/mol. The van der Waals surface area contributed by atoms with Gasteiger partial charge in [-0.25, -0.2) is 9.69 Å². The molecule has 0 bridgehead atoms. The van der Waals surface area contributed by atoms with E-state index in [4.69, 9.17) is 24.1 Å². The summed E-state index contributed by atoms with van der Waals surface area (Å²) in [4.78, 5) is 40.2. The van der Waals surface area contributed by atoms with Gasteiger partial charge in [0.2, 0.25) is 0 Å². The Morgan fingerprint density at radius 3 is 2.72 bits per heavy atom. The number of amides is 2. The van der Waals surface area contributed by atoms with E-state index < -0.39 is 18.3 Å². The maximum absolute atomic E-state index is 13.4. The highest BCUT2D eigenvalue weighted by Crippen LogP contribution is 2.41. The zero-order valence-electron chi connectivity index (χ0n) is 18.2. The molecular formula is C22H28N2O8. The van der Waals surface area contributed by atoms with Crippen LogP contribution in [0.5, 0.6) is 11.5 Å². The number of hydrogen-bond donors (Lipinski definition) is 1. The van der Waals surface area contributed by atoms with Crippen molar-refractivity contribution in [3.8, 4) is 11.5 Å². The first-order valence-electron chi connectivity index (χ1n) is 10.4. The Morgan fingerprint density at radius 1 is 1.28 bits per heavy atom. The third-order valence-electron chi connectivity index (χ3n) is 5.47. The predicted molar refractivity (Wildman–Crippen MR) is 114 cm³/mol. The first-order chi connectivity index (χ1) is 15.4. The maximum Gasteiger partial charge on any atom is 0.416 e. The minimum atomic E-state index is -0.923. The number of rotatable bonds is 9. The number of nitrogens with zero attached hydrogens (tertiary/aromatic N) is 2. The minimum absolute atomic E-state index is 0.00186. The molecule has 0 aromatic heterocycles. The molecule has 32 heavy (non-hydrogen) atoms. The molecule has 2 amide bonds. The molecule has 0 unspecified atom stereocenters. The smallest absolute Gasteiger partial charge is 0.416 e. The second-order valence-electron chi connectivity index (χ2n) is 7.44. The third kappa shape index (κ3) is 4.64. The van der Waals surface area contributed by atoms with E-state index in [2.05, 4.69) is 6.58 Å². The van der Waals surface area contributed by atoms with Crippen LogP contribution in [0.2, 0.25) is 0 Å². The maximum atomic E-state index is 13.4. The summed E-state index contributed by atoms with van der Waals surface area (Å²) in [6.07, 6.45) is 1.73. The molecule has 2 aliphatic heterocycles. The second-order valence-corrected chi connectivity index (χ2v) is 7.44. The molecule has 0 radical (unpaired) electrons. The lowest BCUT2D eigenvalue weighted by molar-refractivity contribution is -0.137. The Morgan fingerprint density at radius 2 is 2.06 bits per heavy atom. The van der Waals surface area contributed by atoms with Crippen molar-refractivity contribution < 1.29 is 38.4 Å². The van der Waals surface area contributed by atoms with E-state index in [9.17, 15) is 14.4 Å². The molecule has 2 aliphatic rings. The van der Waals surface area contributed by atoms with Gasteiger partial charge in [-0.15, -0.1) is 0 Å². The van der Waals surface area contributed by atoms with Gasteiger partial charge in [-0.2, -0.15) is 0 Å². The van der Waals surface area contributed by atoms with Crippen molar-refractivity contribution in [1.29, 1.82) is 0 Å². The van der Waals surface area contributed by atoms with Crippen molar-refractivity contribution in [1.82, 2.24) is 4.90 Å². The Bertz CT molecular complexity index is 887. The SMILES string of the molecule is C=CCOC(=O)N1c2cc(OCCCC(=O)O)c(OC)cc2C(=O)N2CCC[C@H]2[C@@H]1OC. The van der Waals surface area contributed by atoms with Crippen LogP contribution in [0.4, 0.5) is 10.5 Å². The minimum Gasteiger partial charge on any atom is -0.493 e. The highest BCUT2D eigenvalue weighted by atomic mass is 16.6. The van der Waals surface area contributed by atoms with Gasteiger partial charge in [-0.05, 0) is 25.3 Å². The second kappa shape index (κ2) is 10.4. The topological polar surface area (TPSA) is 115 Å². The fraction of sp³-hybridized carbons (Fsp3) is 0.500. The van der Waals surface area contributed by atoms with Crippen molar-refractivity contribution in [2.75, 3.05) is 38.9 Å². The molecule has 1 aromatic carbocycles. The Labute approximate surface area is 186 Å². The summed E-state index contributed by atoms with van der Waals surface area (Å²) >= 11 is 0. The zero-order chi connectivity index (χ0) is 23.3. The number of benzene rings is 1. The van der Waals surface area contributed by atoms with E-state index >= 15 is 0 Å². The molecule has 0 aliphatic carbocycles. The van der Waals surface area contributed by atoms with Crippen molar-refractivity contribution in [2.45, 2.75) is 38.0 Å². The van der Waals surface area contributed by atoms with E-state index in [1.165, 1.54) is 37.3 Å². The standard InChI is InChI=1S/C22H28N2O8/c1-4-10-32-22(28)24-16-13-18(31-11-6-8-19(25)26)17(29-2)12-14(16)20(27)23-9-5-7-15(23)21(24)30-3/h4,12-13,15,21H,1,5-11H2,2-3H3,(H,25,26)/t15-,21-/m0/s1. The number of carbonyl (C=O) groups excluding carboxylic acids is 2. The lowest BCUT2D eigenvalue weighted by atomic mass is 10.1. The normalized spacial score (nSPS) is 19.6. The Kier molecular flexibility index (Phi) is 7.57. The summed E-state index contributed by atoms with van der Waals surface area (Å²) in [5, 5.41) is 8.83. The zero-order valence-corrected chi connectivity index (χ0v) is 18.2. The first kappa shape index (κ1) is 23.4. The molecule has 1 N–H and O–H groups in total. The summed E-state index contributed by atoms with van der Waals surface area (Å²) in [6.45, 7) is 4.24. The highest BCUT2D eigenvalue weighted by Gasteiger charge is 2.46. The number of aliphatic carboxylic acids is 1. The van der Waals surface area contributed by atoms with Gasteiger partial charge >= 0.3 is 12.1 Å². The molecule has 1 fully saturated rings. The largest absolute Gasteiger partial charge is 0.493 e. The van der Waals surface area contributed by atoms with Crippen LogP contribution in [0.15, 0.2) is 24.8 Å². The van der Waals surface area contributed by atoms with E-state index in [-0.39, 0.29) is 55.0 Å². The number of anilines is 1. The van der Waals surface area contributed by atoms with Gasteiger partial charge in [0.05, 0.1) is 31.0 Å². The van der Waals surface area contributed by atoms with Gasteiger partial charge in [0, 0.05) is 26.1 Å². The monoisotopic (exact) mass is 448 g/mol. The molecule has 0 saturated carbocycles. The van der Waals surface area contributed by atoms with Crippen LogP contribution in [0.25, 0.3) is 0 Å². The van der Waals surface area contributed by atoms with Crippen LogP contribution in [0.3, 0.4) is 0 Å². The number of methoxy groups -OCH3 is 2. The molecule has 0 spiro atoms. The summed E-state index contributed by atoms with van der Waals surface area (Å²) < 4.78 is 22.2. The number of carboxylic acids is 1. The summed E-state index contributed by atoms with van der Waals surface area (Å²) in [5.41, 5.74) is 0.543. The van der Waals surface area contributed by atoms with E-state index in [0.717, 1.165) is 6.42 Å². The van der Waals surface area contributed by atoms with Crippen molar-refractivity contribution >= 4 is 23.7 Å². The summed E-state index contributed by atoms with van der Waals surface area (Å²) in [7, 11) is 2.93. The first-order valence-corrected chi connectivity index (χ1v) is 10.4. The van der Waals surface area contributed by atoms with Crippen molar-refractivity contribution in [2.24, 2.45) is 0 Å². The molecule has 2 heterocycles. The molecule has 10 heteroatoms. The summed E-state index contributed by atoms with van der Waals surface area (Å²) in [6, 6.07) is 2.74. The third-order valence-corrected chi connectivity index (χ3v) is 5.47. The van der Waals surface area contributed by atoms with Gasteiger partial charge in [0.25, 0.3) is 5.91 Å². The van der Waals surface area contributed by atoms with Crippen LogP contribution in [-0.2, 0) is 14.3 Å². The van der Waals surface area contributed by atoms with E-state index in [0.29, 0.717) is 18.7 Å². The molecule has 3 rings (SSSR count). The number of fused-ring (bicyclic) bond motifs is 2. The Hall–Kier alpha value is -3.27. The molecule has 1 aromatic rings. The molecular weight excluding hydrogens is 420 g/mol. The van der Waals surface area contributed by atoms with Gasteiger partial charge in [0.15, 0.2) is 17.7 Å². The van der Waals surface area contributed by atoms with Crippen LogP contribution in [-0.4, -0.2) is 74.2 Å². The molecule has 2 atom stereocenters. The van der Waals surface area contributed by atoms with Crippen molar-refractivity contribution in [3.63, 3.8) is 0 Å². The average Bonchev–Trinajstić information content (AvgIpc) is 3.24. The van der Waals surface area contributed by atoms with Crippen LogP contribution < -0.4 is 14.4 Å². The highest BCUT2D eigenvalue weighted by molar-refractivity contribution is 6.06. The quantitative estimate of drug-likeness (QED) is 0.453. The van der Waals surface area contributed by atoms with Crippen LogP contribution in [0, 0.1) is 0 Å². The fourth-order valence-corrected chi connectivity index (χ4v) is 4.07. The van der Waals surface area contributed by atoms with Crippen LogP contribution >= 0.6 is 0 Å². The number of ether oxygens (including phenoxy) is 4. The predicted octanol–water partition coefficient (Wildman–Crippen LogP) is 2.66. The lowest BCUT2D eigenvalue weighted by Gasteiger charge is -2.34. The number of carbonyl (C=O) groups is 3. The fourth-order valence-electron chi connectivity index (χ4n) is 4.07. The van der Waals surface area contributed by atoms with Gasteiger partial charge in [-0.1, -0.05) is 12.7 Å². The van der Waals surface area contributed by atoms with Crippen LogP contribution in [0.1, 0.15) is 36.0 Å². The molecule has 1 saturated heterocycles.